The largest absolute Gasteiger partial charge is 0.364 e. The number of hydrogen-bond acceptors (Lipinski definition) is 3. The average molecular weight is 283 g/mol. The maximum absolute atomic E-state index is 12.3. The summed E-state index contributed by atoms with van der Waals surface area (Å²) in [6.07, 6.45) is 1.18. The topological polar surface area (TPSA) is 55.6 Å². The van der Waals surface area contributed by atoms with Crippen molar-refractivity contribution in [2.75, 3.05) is 18.5 Å². The van der Waals surface area contributed by atoms with Gasteiger partial charge in [-0.15, -0.1) is 0 Å². The van der Waals surface area contributed by atoms with Gasteiger partial charge in [0, 0.05) is 24.3 Å². The summed E-state index contributed by atoms with van der Waals surface area (Å²) >= 11 is 6.08. The van der Waals surface area contributed by atoms with E-state index in [-0.39, 0.29) is 12.0 Å². The van der Waals surface area contributed by atoms with E-state index in [2.05, 4.69) is 0 Å². The fourth-order valence-electron chi connectivity index (χ4n) is 2.19. The van der Waals surface area contributed by atoms with E-state index < -0.39 is 6.10 Å². The van der Waals surface area contributed by atoms with Crippen molar-refractivity contribution in [3.63, 3.8) is 0 Å². The van der Waals surface area contributed by atoms with E-state index in [0.717, 1.165) is 24.1 Å². The highest BCUT2D eigenvalue weighted by atomic mass is 35.5. The number of rotatable bonds is 3. The molecule has 2 rings (SSSR count). The normalized spacial score (nSPS) is 22.5. The van der Waals surface area contributed by atoms with E-state index in [1.165, 1.54) is 0 Å². The standard InChI is InChI=1S/C14H19ClN2O2/c1-9-3-4-10(7-12(9)15)17(2)14(18)13-6-5-11(8-16)19-13/h3-4,7,11,13H,5-6,8,16H2,1-2H3/t11-,13+/m1/s1. The molecule has 0 aromatic heterocycles. The van der Waals surface area contributed by atoms with Crippen molar-refractivity contribution < 1.29 is 9.53 Å². The number of benzene rings is 1. The van der Waals surface area contributed by atoms with Crippen LogP contribution in [0.25, 0.3) is 0 Å². The Hall–Kier alpha value is -1.10. The Morgan fingerprint density at radius 3 is 2.84 bits per heavy atom. The zero-order chi connectivity index (χ0) is 14.0. The van der Waals surface area contributed by atoms with Crippen molar-refractivity contribution >= 4 is 23.2 Å². The molecule has 0 radical (unpaired) electrons. The van der Waals surface area contributed by atoms with Gasteiger partial charge in [0.15, 0.2) is 0 Å². The molecule has 104 valence electrons. The van der Waals surface area contributed by atoms with E-state index in [1.807, 2.05) is 19.1 Å². The van der Waals surface area contributed by atoms with Crippen LogP contribution in [0.15, 0.2) is 18.2 Å². The molecule has 5 heteroatoms. The lowest BCUT2D eigenvalue weighted by Gasteiger charge is -2.22. The number of hydrogen-bond donors (Lipinski definition) is 1. The van der Waals surface area contributed by atoms with Gasteiger partial charge in [-0.25, -0.2) is 0 Å². The predicted octanol–water partition coefficient (Wildman–Crippen LogP) is 2.12. The summed E-state index contributed by atoms with van der Waals surface area (Å²) in [5.41, 5.74) is 7.32. The minimum Gasteiger partial charge on any atom is -0.364 e. The number of ether oxygens (including phenoxy) is 1. The Balaban J connectivity index is 2.08. The van der Waals surface area contributed by atoms with Crippen molar-refractivity contribution in [1.82, 2.24) is 0 Å². The summed E-state index contributed by atoms with van der Waals surface area (Å²) < 4.78 is 5.62. The summed E-state index contributed by atoms with van der Waals surface area (Å²) in [4.78, 5) is 13.9. The molecule has 1 aromatic carbocycles. The van der Waals surface area contributed by atoms with Crippen LogP contribution >= 0.6 is 11.6 Å². The van der Waals surface area contributed by atoms with Crippen LogP contribution in [0, 0.1) is 6.92 Å². The predicted molar refractivity (Wildman–Crippen MR) is 76.5 cm³/mol. The SMILES string of the molecule is Cc1ccc(N(C)C(=O)[C@@H]2CC[C@H](CN)O2)cc1Cl. The molecule has 0 spiro atoms. The van der Waals surface area contributed by atoms with Crippen LogP contribution in [0.3, 0.4) is 0 Å². The molecule has 2 N–H and O–H groups in total. The zero-order valence-electron chi connectivity index (χ0n) is 11.2. The first-order valence-corrected chi connectivity index (χ1v) is 6.80. The smallest absolute Gasteiger partial charge is 0.255 e. The minimum absolute atomic E-state index is 0.00366. The van der Waals surface area contributed by atoms with Crippen LogP contribution in [0.4, 0.5) is 5.69 Å². The van der Waals surface area contributed by atoms with Crippen LogP contribution in [-0.4, -0.2) is 31.7 Å². The Bertz CT molecular complexity index is 479. The second-order valence-electron chi connectivity index (χ2n) is 4.89. The lowest BCUT2D eigenvalue weighted by Crippen LogP contribution is -2.37. The van der Waals surface area contributed by atoms with Gasteiger partial charge in [-0.05, 0) is 37.5 Å². The summed E-state index contributed by atoms with van der Waals surface area (Å²) in [5.74, 6) is -0.0455. The number of nitrogens with two attached hydrogens (primary N) is 1. The highest BCUT2D eigenvalue weighted by Crippen LogP contribution is 2.26. The number of carbonyl (C=O) groups excluding carboxylic acids is 1. The van der Waals surface area contributed by atoms with E-state index in [0.29, 0.717) is 11.6 Å². The maximum Gasteiger partial charge on any atom is 0.255 e. The molecule has 1 aromatic rings. The monoisotopic (exact) mass is 282 g/mol. The van der Waals surface area contributed by atoms with E-state index in [1.54, 1.807) is 18.0 Å². The summed E-state index contributed by atoms with van der Waals surface area (Å²) in [5, 5.41) is 0.657. The molecular weight excluding hydrogens is 264 g/mol. The van der Waals surface area contributed by atoms with Gasteiger partial charge in [-0.2, -0.15) is 0 Å². The molecule has 19 heavy (non-hydrogen) atoms. The fourth-order valence-corrected chi connectivity index (χ4v) is 2.37. The highest BCUT2D eigenvalue weighted by molar-refractivity contribution is 6.31. The Kier molecular flexibility index (Phi) is 4.45. The number of anilines is 1. The molecule has 2 atom stereocenters. The number of carbonyl (C=O) groups is 1. The van der Waals surface area contributed by atoms with Gasteiger partial charge in [0.25, 0.3) is 5.91 Å². The summed E-state index contributed by atoms with van der Waals surface area (Å²) in [7, 11) is 1.74. The van der Waals surface area contributed by atoms with Crippen molar-refractivity contribution in [2.24, 2.45) is 5.73 Å². The molecule has 0 unspecified atom stereocenters. The average Bonchev–Trinajstić information content (AvgIpc) is 2.89. The first-order valence-electron chi connectivity index (χ1n) is 6.42. The molecule has 1 fully saturated rings. The number of halogens is 1. The van der Waals surface area contributed by atoms with Gasteiger partial charge in [0.1, 0.15) is 6.10 Å². The van der Waals surface area contributed by atoms with E-state index in [9.17, 15) is 4.79 Å². The number of aryl methyl sites for hydroxylation is 1. The molecule has 0 aliphatic carbocycles. The number of likely N-dealkylation sites (N-methyl/N-ethyl adjacent to an activating group) is 1. The summed E-state index contributed by atoms with van der Waals surface area (Å²) in [6, 6.07) is 5.58. The molecule has 1 saturated heterocycles. The Morgan fingerprint density at radius 1 is 1.53 bits per heavy atom. The first-order chi connectivity index (χ1) is 9.02. The molecule has 1 aliphatic heterocycles. The van der Waals surface area contributed by atoms with Crippen LogP contribution in [0.2, 0.25) is 5.02 Å². The first kappa shape index (κ1) is 14.3. The maximum atomic E-state index is 12.3. The number of nitrogens with zero attached hydrogens (tertiary/aromatic N) is 1. The quantitative estimate of drug-likeness (QED) is 0.924. The van der Waals surface area contributed by atoms with Crippen LogP contribution in [0.1, 0.15) is 18.4 Å². The molecule has 1 heterocycles. The molecule has 1 amide bonds. The lowest BCUT2D eigenvalue weighted by atomic mass is 10.1. The molecule has 0 saturated carbocycles. The van der Waals surface area contributed by atoms with E-state index in [4.69, 9.17) is 22.1 Å². The molecule has 1 aliphatic rings. The molecule has 0 bridgehead atoms. The second-order valence-corrected chi connectivity index (χ2v) is 5.30. The summed E-state index contributed by atoms with van der Waals surface area (Å²) in [6.45, 7) is 2.39. The van der Waals surface area contributed by atoms with Gasteiger partial charge in [-0.3, -0.25) is 4.79 Å². The highest BCUT2D eigenvalue weighted by Gasteiger charge is 2.32. The third-order valence-corrected chi connectivity index (χ3v) is 3.93. The third-order valence-electron chi connectivity index (χ3n) is 3.52. The Morgan fingerprint density at radius 2 is 2.26 bits per heavy atom. The van der Waals surface area contributed by atoms with Crippen LogP contribution < -0.4 is 10.6 Å². The second kappa shape index (κ2) is 5.90. The molecular formula is C14H19ClN2O2. The van der Waals surface area contributed by atoms with Crippen LogP contribution in [-0.2, 0) is 9.53 Å². The van der Waals surface area contributed by atoms with Gasteiger partial charge in [0.2, 0.25) is 0 Å². The lowest BCUT2D eigenvalue weighted by molar-refractivity contribution is -0.128. The van der Waals surface area contributed by atoms with Gasteiger partial charge in [0.05, 0.1) is 6.10 Å². The van der Waals surface area contributed by atoms with Crippen molar-refractivity contribution in [3.05, 3.63) is 28.8 Å². The van der Waals surface area contributed by atoms with Gasteiger partial charge in [-0.1, -0.05) is 17.7 Å². The zero-order valence-corrected chi connectivity index (χ0v) is 12.0. The van der Waals surface area contributed by atoms with Gasteiger partial charge >= 0.3 is 0 Å². The van der Waals surface area contributed by atoms with Crippen LogP contribution in [0.5, 0.6) is 0 Å². The minimum atomic E-state index is -0.390. The van der Waals surface area contributed by atoms with Crippen molar-refractivity contribution in [3.8, 4) is 0 Å². The third kappa shape index (κ3) is 3.08. The molecule has 4 nitrogen and oxygen atoms in total. The fraction of sp³-hybridized carbons (Fsp3) is 0.500. The Labute approximate surface area is 118 Å². The van der Waals surface area contributed by atoms with Crippen molar-refractivity contribution in [2.45, 2.75) is 32.0 Å². The number of amides is 1. The van der Waals surface area contributed by atoms with Gasteiger partial charge < -0.3 is 15.4 Å². The van der Waals surface area contributed by atoms with E-state index >= 15 is 0 Å². The van der Waals surface area contributed by atoms with Crippen molar-refractivity contribution in [1.29, 1.82) is 0 Å².